The quantitative estimate of drug-likeness (QED) is 0.920. The molecule has 0 aliphatic carbocycles. The maximum absolute atomic E-state index is 14.2. The van der Waals surface area contributed by atoms with E-state index in [-0.39, 0.29) is 6.61 Å². The summed E-state index contributed by atoms with van der Waals surface area (Å²) in [6, 6.07) is 9.85. The second-order valence-corrected chi connectivity index (χ2v) is 4.57. The average Bonchev–Trinajstić information content (AvgIpc) is 2.45. The zero-order chi connectivity index (χ0) is 15.4. The molecule has 0 bridgehead atoms. The summed E-state index contributed by atoms with van der Waals surface area (Å²) in [7, 11) is 1.47. The maximum atomic E-state index is 14.2. The minimum absolute atomic E-state index is 0.271. The van der Waals surface area contributed by atoms with Gasteiger partial charge in [-0.15, -0.1) is 0 Å². The smallest absolute Gasteiger partial charge is 0.255 e. The van der Waals surface area contributed by atoms with Crippen LogP contribution >= 0.6 is 0 Å². The van der Waals surface area contributed by atoms with Crippen LogP contribution in [0.3, 0.4) is 0 Å². The van der Waals surface area contributed by atoms with Crippen LogP contribution in [-0.2, 0) is 4.79 Å². The molecule has 5 heteroatoms. The molecule has 2 aromatic carbocycles. The van der Waals surface area contributed by atoms with E-state index < -0.39 is 11.7 Å². The van der Waals surface area contributed by atoms with Crippen LogP contribution in [0.1, 0.15) is 5.56 Å². The number of benzene rings is 2. The Labute approximate surface area is 122 Å². The van der Waals surface area contributed by atoms with Crippen LogP contribution in [0.5, 0.6) is 11.5 Å². The number of nitrogens with two attached hydrogens (primary N) is 1. The van der Waals surface area contributed by atoms with Gasteiger partial charge in [0.05, 0.1) is 12.7 Å². The van der Waals surface area contributed by atoms with E-state index in [1.165, 1.54) is 13.2 Å². The lowest BCUT2D eigenvalue weighted by Gasteiger charge is -2.15. The number of hydrogen-bond acceptors (Lipinski definition) is 3. The van der Waals surface area contributed by atoms with Crippen molar-refractivity contribution in [1.29, 1.82) is 0 Å². The van der Waals surface area contributed by atoms with E-state index in [1.807, 2.05) is 13.0 Å². The molecule has 0 spiro atoms. The third-order valence-corrected chi connectivity index (χ3v) is 2.97. The third kappa shape index (κ3) is 3.31. The van der Waals surface area contributed by atoms with Gasteiger partial charge in [-0.2, -0.15) is 0 Å². The number of halogens is 1. The number of carbonyl (C=O) groups excluding carboxylic acids is 1. The summed E-state index contributed by atoms with van der Waals surface area (Å²) >= 11 is 0. The molecule has 0 aromatic heterocycles. The first-order valence-electron chi connectivity index (χ1n) is 6.37. The average molecular weight is 289 g/mol. The third-order valence-electron chi connectivity index (χ3n) is 2.97. The van der Waals surface area contributed by atoms with Crippen molar-refractivity contribution >= 4 is 5.91 Å². The molecule has 2 N–H and O–H groups in total. The first-order chi connectivity index (χ1) is 10.0. The van der Waals surface area contributed by atoms with Gasteiger partial charge in [-0.05, 0) is 31.2 Å². The number of primary amides is 1. The summed E-state index contributed by atoms with van der Waals surface area (Å²) < 4.78 is 24.8. The number of aryl methyl sites for hydroxylation is 1. The number of amides is 1. The van der Waals surface area contributed by atoms with Crippen LogP contribution in [-0.4, -0.2) is 19.6 Å². The predicted octanol–water partition coefficient (Wildman–Crippen LogP) is 2.67. The standard InChI is InChI=1S/C16H16FNO3/c1-10-6-7-13(21-9-15(18)19)11(8-10)16-12(17)4-3-5-14(16)20-2/h3-8H,9H2,1-2H3,(H2,18,19). The Hall–Kier alpha value is -2.56. The van der Waals surface area contributed by atoms with E-state index in [0.29, 0.717) is 22.6 Å². The highest BCUT2D eigenvalue weighted by atomic mass is 19.1. The lowest BCUT2D eigenvalue weighted by Crippen LogP contribution is -2.20. The lowest BCUT2D eigenvalue weighted by atomic mass is 10.0. The van der Waals surface area contributed by atoms with Gasteiger partial charge in [-0.25, -0.2) is 4.39 Å². The minimum Gasteiger partial charge on any atom is -0.496 e. The highest BCUT2D eigenvalue weighted by molar-refractivity contribution is 5.79. The molecule has 21 heavy (non-hydrogen) atoms. The molecule has 2 rings (SSSR count). The molecular weight excluding hydrogens is 273 g/mol. The SMILES string of the molecule is COc1cccc(F)c1-c1cc(C)ccc1OCC(N)=O. The van der Waals surface area contributed by atoms with Crippen LogP contribution in [0, 0.1) is 12.7 Å². The van der Waals surface area contributed by atoms with Crippen LogP contribution in [0.15, 0.2) is 36.4 Å². The Morgan fingerprint density at radius 2 is 2.00 bits per heavy atom. The molecular formula is C16H16FNO3. The van der Waals surface area contributed by atoms with Crippen molar-refractivity contribution in [2.24, 2.45) is 5.73 Å². The van der Waals surface area contributed by atoms with Crippen molar-refractivity contribution in [1.82, 2.24) is 0 Å². The molecule has 0 aliphatic heterocycles. The van der Waals surface area contributed by atoms with Gasteiger partial charge in [0.15, 0.2) is 6.61 Å². The Morgan fingerprint density at radius 3 is 2.67 bits per heavy atom. The highest BCUT2D eigenvalue weighted by Crippen LogP contribution is 2.38. The summed E-state index contributed by atoms with van der Waals surface area (Å²) in [5.74, 6) is -0.252. The highest BCUT2D eigenvalue weighted by Gasteiger charge is 2.16. The summed E-state index contributed by atoms with van der Waals surface area (Å²) in [6.07, 6.45) is 0. The van der Waals surface area contributed by atoms with Gasteiger partial charge in [0, 0.05) is 5.56 Å². The lowest BCUT2D eigenvalue weighted by molar-refractivity contribution is -0.119. The van der Waals surface area contributed by atoms with E-state index in [1.54, 1.807) is 24.3 Å². The van der Waals surface area contributed by atoms with Crippen LogP contribution in [0.4, 0.5) is 4.39 Å². The molecule has 1 amide bonds. The monoisotopic (exact) mass is 289 g/mol. The fraction of sp³-hybridized carbons (Fsp3) is 0.188. The van der Waals surface area contributed by atoms with E-state index in [9.17, 15) is 9.18 Å². The van der Waals surface area contributed by atoms with Crippen molar-refractivity contribution < 1.29 is 18.7 Å². The Kier molecular flexibility index (Phi) is 4.42. The van der Waals surface area contributed by atoms with E-state index >= 15 is 0 Å². The molecule has 0 saturated heterocycles. The number of rotatable bonds is 5. The number of carbonyl (C=O) groups is 1. The Bertz CT molecular complexity index is 671. The van der Waals surface area contributed by atoms with Crippen LogP contribution in [0.25, 0.3) is 11.1 Å². The molecule has 0 radical (unpaired) electrons. The van der Waals surface area contributed by atoms with Crippen molar-refractivity contribution in [2.45, 2.75) is 6.92 Å². The molecule has 4 nitrogen and oxygen atoms in total. The zero-order valence-corrected chi connectivity index (χ0v) is 11.9. The summed E-state index contributed by atoms with van der Waals surface area (Å²) in [5.41, 5.74) is 6.83. The Balaban J connectivity index is 2.57. The van der Waals surface area contributed by atoms with Gasteiger partial charge in [0.25, 0.3) is 5.91 Å². The minimum atomic E-state index is -0.595. The summed E-state index contributed by atoms with van der Waals surface area (Å²) in [6.45, 7) is 1.61. The van der Waals surface area contributed by atoms with Gasteiger partial charge >= 0.3 is 0 Å². The Morgan fingerprint density at radius 1 is 1.24 bits per heavy atom. The number of methoxy groups -OCH3 is 1. The summed E-state index contributed by atoms with van der Waals surface area (Å²) in [5, 5.41) is 0. The van der Waals surface area contributed by atoms with Gasteiger partial charge in [-0.1, -0.05) is 17.7 Å². The van der Waals surface area contributed by atoms with Crippen molar-refractivity contribution in [3.8, 4) is 22.6 Å². The van der Waals surface area contributed by atoms with E-state index in [4.69, 9.17) is 15.2 Å². The van der Waals surface area contributed by atoms with E-state index in [0.717, 1.165) is 5.56 Å². The largest absolute Gasteiger partial charge is 0.496 e. The molecule has 0 fully saturated rings. The van der Waals surface area contributed by atoms with Gasteiger partial charge in [0.1, 0.15) is 17.3 Å². The second kappa shape index (κ2) is 6.26. The topological polar surface area (TPSA) is 61.6 Å². The van der Waals surface area contributed by atoms with Crippen molar-refractivity contribution in [3.63, 3.8) is 0 Å². The predicted molar refractivity (Wildman–Crippen MR) is 77.8 cm³/mol. The molecule has 0 aliphatic rings. The van der Waals surface area contributed by atoms with E-state index in [2.05, 4.69) is 0 Å². The molecule has 2 aromatic rings. The fourth-order valence-corrected chi connectivity index (χ4v) is 2.05. The number of ether oxygens (including phenoxy) is 2. The molecule has 0 heterocycles. The van der Waals surface area contributed by atoms with Gasteiger partial charge in [-0.3, -0.25) is 4.79 Å². The molecule has 110 valence electrons. The normalized spacial score (nSPS) is 10.2. The van der Waals surface area contributed by atoms with Gasteiger partial charge in [0.2, 0.25) is 0 Å². The fourth-order valence-electron chi connectivity index (χ4n) is 2.05. The van der Waals surface area contributed by atoms with Crippen LogP contribution < -0.4 is 15.2 Å². The first kappa shape index (κ1) is 14.8. The van der Waals surface area contributed by atoms with Crippen molar-refractivity contribution in [3.05, 3.63) is 47.8 Å². The van der Waals surface area contributed by atoms with Gasteiger partial charge < -0.3 is 15.2 Å². The molecule has 0 unspecified atom stereocenters. The summed E-state index contributed by atoms with van der Waals surface area (Å²) in [4.78, 5) is 10.9. The van der Waals surface area contributed by atoms with Crippen molar-refractivity contribution in [2.75, 3.05) is 13.7 Å². The second-order valence-electron chi connectivity index (χ2n) is 4.57. The zero-order valence-electron chi connectivity index (χ0n) is 11.9. The molecule has 0 atom stereocenters. The van der Waals surface area contributed by atoms with Crippen LogP contribution in [0.2, 0.25) is 0 Å². The molecule has 0 saturated carbocycles. The first-order valence-corrected chi connectivity index (χ1v) is 6.37. The number of hydrogen-bond donors (Lipinski definition) is 1. The maximum Gasteiger partial charge on any atom is 0.255 e.